The van der Waals surface area contributed by atoms with Gasteiger partial charge in [-0.1, -0.05) is 0 Å². The Morgan fingerprint density at radius 3 is 2.60 bits per heavy atom. The van der Waals surface area contributed by atoms with Gasteiger partial charge in [0.2, 0.25) is 5.91 Å². The van der Waals surface area contributed by atoms with Gasteiger partial charge >= 0.3 is 5.97 Å². The molecule has 0 aromatic carbocycles. The monoisotopic (exact) mass is 148 g/mol. The molecule has 0 atom stereocenters. The van der Waals surface area contributed by atoms with Gasteiger partial charge in [-0.25, -0.2) is 0 Å². The van der Waals surface area contributed by atoms with Gasteiger partial charge in [-0.3, -0.25) is 9.59 Å². The number of hydrogen-bond acceptors (Lipinski definition) is 3. The van der Waals surface area contributed by atoms with Gasteiger partial charge in [-0.05, 0) is 0 Å². The molecule has 0 aliphatic carbocycles. The van der Waals surface area contributed by atoms with Crippen LogP contribution in [0.4, 0.5) is 0 Å². The van der Waals surface area contributed by atoms with E-state index < -0.39 is 5.97 Å². The summed E-state index contributed by atoms with van der Waals surface area (Å²) in [7, 11) is 1.39. The highest BCUT2D eigenvalue weighted by Crippen LogP contribution is 1.80. The molecule has 0 saturated heterocycles. The second-order valence-corrected chi connectivity index (χ2v) is 1.85. The van der Waals surface area contributed by atoms with E-state index in [1.165, 1.54) is 7.05 Å². The van der Waals surface area contributed by atoms with Crippen LogP contribution >= 0.6 is 0 Å². The van der Waals surface area contributed by atoms with E-state index in [4.69, 9.17) is 10.8 Å². The fourth-order valence-corrected chi connectivity index (χ4v) is 0.447. The summed E-state index contributed by atoms with van der Waals surface area (Å²) in [5.74, 6) is -1.41. The van der Waals surface area contributed by atoms with Gasteiger partial charge in [-0.15, -0.1) is 0 Å². The molecule has 0 saturated carbocycles. The number of amides is 1. The van der Waals surface area contributed by atoms with Crippen LogP contribution in [0.2, 0.25) is 0 Å². The average molecular weight is 148 g/mol. The molecule has 0 aromatic rings. The van der Waals surface area contributed by atoms with E-state index in [1.54, 1.807) is 0 Å². The lowest BCUT2D eigenvalue weighted by Gasteiger charge is -2.11. The molecule has 10 heavy (non-hydrogen) atoms. The molecule has 0 unspecified atom stereocenters. The molecule has 0 radical (unpaired) electrons. The quantitative estimate of drug-likeness (QED) is 0.509. The summed E-state index contributed by atoms with van der Waals surface area (Å²) in [6.45, 7) is -0.445. The Hall–Kier alpha value is -1.10. The molecule has 0 spiro atoms. The summed E-state index contributed by atoms with van der Waals surface area (Å²) in [6, 6.07) is 0. The number of nitrogens with zero attached hydrogens (tertiary/aromatic N) is 1. The van der Waals surface area contributed by atoms with Crippen LogP contribution in [0.1, 0.15) is 0 Å². The maximum atomic E-state index is 10.6. The van der Waals surface area contributed by atoms with E-state index in [0.717, 1.165) is 4.90 Å². The van der Waals surface area contributed by atoms with Crippen LogP contribution in [0.5, 0.6) is 0 Å². The molecule has 58 valence electrons. The third-order valence-corrected chi connectivity index (χ3v) is 0.973. The summed E-state index contributed by atoms with van der Waals surface area (Å²) in [6.07, 6.45) is 0. The molecule has 5 nitrogen and oxygen atoms in total. The normalized spacial score (nSPS) is 9.00. The van der Waals surface area contributed by atoms with E-state index in [2.05, 4.69) is 0 Å². The van der Waals surface area contributed by atoms with Crippen molar-refractivity contribution >= 4 is 11.9 Å². The van der Waals surface area contributed by atoms with Crippen LogP contribution in [0.15, 0.2) is 0 Å². The molecule has 0 fully saturated rings. The minimum absolute atomic E-state index is 0.149. The second kappa shape index (κ2) is 3.84. The van der Waals surface area contributed by atoms with Gasteiger partial charge in [0.1, 0.15) is 6.54 Å². The molecule has 1 amide bonds. The predicted octanol–water partition coefficient (Wildman–Crippen LogP) is -1.51. The number of aliphatic carboxylic acids is 1. The number of rotatable bonds is 3. The van der Waals surface area contributed by atoms with E-state index >= 15 is 0 Å². The van der Waals surface area contributed by atoms with Crippen LogP contribution in [0, 0.1) is 0 Å². The number of carbonyl (C=O) groups is 2. The highest BCUT2D eigenvalue weighted by Gasteiger charge is 2.08. The maximum absolute atomic E-state index is 10.6. The highest BCUT2D eigenvalue weighted by molar-refractivity contribution is 5.82. The molecule has 0 rings (SSSR count). The van der Waals surface area contributed by atoms with E-state index in [-0.39, 0.29) is 19.0 Å². The fourth-order valence-electron chi connectivity index (χ4n) is 0.447. The molecular weight excluding hydrogens is 138 g/mol. The zero-order valence-corrected chi connectivity index (χ0v) is 5.70. The molecule has 3 N–H and O–H groups in total. The summed E-state index contributed by atoms with van der Waals surface area (Å²) in [4.78, 5) is 21.6. The number of nitrogens with two attached hydrogens (primary N) is 1. The van der Waals surface area contributed by atoms with Crippen molar-refractivity contribution in [2.45, 2.75) is 0 Å². The smallest absolute Gasteiger partial charge is 0.323 e. The van der Waals surface area contributed by atoms with Gasteiger partial charge in [0, 0.05) is 7.05 Å². The molecule has 5 heteroatoms. The first-order valence-corrected chi connectivity index (χ1v) is 2.73. The lowest BCUT2D eigenvalue weighted by Crippen LogP contribution is -2.36. The number of likely N-dealkylation sites (N-methyl/N-ethyl adjacent to an activating group) is 1. The molecular formula is C5H10N2O3. The summed E-state index contributed by atoms with van der Waals surface area (Å²) in [5, 5.41) is 8.19. The SMILES string of the molecule is CN(CC(=O)O)[14C](=O)CN. The molecule has 0 heterocycles. The minimum atomic E-state index is -1.04. The third kappa shape index (κ3) is 3.03. The van der Waals surface area contributed by atoms with Gasteiger partial charge in [0.25, 0.3) is 0 Å². The summed E-state index contributed by atoms with van der Waals surface area (Å²) >= 11 is 0. The Labute approximate surface area is 58.4 Å². The van der Waals surface area contributed by atoms with Crippen molar-refractivity contribution in [3.8, 4) is 0 Å². The topological polar surface area (TPSA) is 83.6 Å². The summed E-state index contributed by atoms with van der Waals surface area (Å²) in [5.41, 5.74) is 4.96. The van der Waals surface area contributed by atoms with E-state index in [9.17, 15) is 9.59 Å². The lowest BCUT2D eigenvalue weighted by atomic mass is 10.6. The Kier molecular flexibility index (Phi) is 3.42. The Balaban J connectivity index is 3.72. The Morgan fingerprint density at radius 1 is 1.80 bits per heavy atom. The van der Waals surface area contributed by atoms with Crippen molar-refractivity contribution in [2.75, 3.05) is 20.1 Å². The predicted molar refractivity (Wildman–Crippen MR) is 34.3 cm³/mol. The van der Waals surface area contributed by atoms with Crippen molar-refractivity contribution in [1.29, 1.82) is 0 Å². The van der Waals surface area contributed by atoms with Gasteiger partial charge in [-0.2, -0.15) is 0 Å². The second-order valence-electron chi connectivity index (χ2n) is 1.85. The first kappa shape index (κ1) is 8.90. The molecule has 0 aliphatic rings. The lowest BCUT2D eigenvalue weighted by molar-refractivity contribution is -0.142. The van der Waals surface area contributed by atoms with Crippen molar-refractivity contribution in [3.05, 3.63) is 0 Å². The number of carboxylic acid groups (broad SMARTS) is 1. The largest absolute Gasteiger partial charge is 0.480 e. The number of hydrogen-bond donors (Lipinski definition) is 2. The molecule has 0 bridgehead atoms. The zero-order valence-electron chi connectivity index (χ0n) is 5.70. The van der Waals surface area contributed by atoms with Crippen LogP contribution in [0.3, 0.4) is 0 Å². The van der Waals surface area contributed by atoms with Gasteiger partial charge in [0.05, 0.1) is 6.54 Å². The van der Waals surface area contributed by atoms with E-state index in [0.29, 0.717) is 0 Å². The van der Waals surface area contributed by atoms with Crippen LogP contribution in [-0.2, 0) is 9.59 Å². The minimum Gasteiger partial charge on any atom is -0.480 e. The van der Waals surface area contributed by atoms with Gasteiger partial charge < -0.3 is 15.7 Å². The van der Waals surface area contributed by atoms with Crippen molar-refractivity contribution in [2.24, 2.45) is 5.73 Å². The summed E-state index contributed by atoms with van der Waals surface area (Å²) < 4.78 is 0. The molecule has 0 aliphatic heterocycles. The fraction of sp³-hybridized carbons (Fsp3) is 0.600. The maximum Gasteiger partial charge on any atom is 0.323 e. The van der Waals surface area contributed by atoms with Crippen molar-refractivity contribution in [3.63, 3.8) is 0 Å². The van der Waals surface area contributed by atoms with E-state index in [1.807, 2.05) is 0 Å². The third-order valence-electron chi connectivity index (χ3n) is 0.973. The first-order chi connectivity index (χ1) is 4.57. The Morgan fingerprint density at radius 2 is 2.30 bits per heavy atom. The first-order valence-electron chi connectivity index (χ1n) is 2.73. The van der Waals surface area contributed by atoms with Crippen LogP contribution < -0.4 is 5.73 Å². The standard InChI is InChI=1S/C5H10N2O3/c1-7(3-5(9)10)4(8)2-6/h2-3,6H2,1H3,(H,9,10)/i4+2. The van der Waals surface area contributed by atoms with Gasteiger partial charge in [0.15, 0.2) is 0 Å². The van der Waals surface area contributed by atoms with Crippen molar-refractivity contribution in [1.82, 2.24) is 4.90 Å². The number of carbonyl (C=O) groups excluding carboxylic acids is 1. The zero-order chi connectivity index (χ0) is 8.15. The van der Waals surface area contributed by atoms with Crippen molar-refractivity contribution < 1.29 is 14.7 Å². The van der Waals surface area contributed by atoms with Crippen LogP contribution in [-0.4, -0.2) is 42.0 Å². The Bertz CT molecular complexity index is 146. The van der Waals surface area contributed by atoms with Crippen LogP contribution in [0.25, 0.3) is 0 Å². The number of carboxylic acids is 1. The molecule has 0 aromatic heterocycles. The average Bonchev–Trinajstić information content (AvgIpc) is 1.85. The highest BCUT2D eigenvalue weighted by atomic mass is 16.4.